The van der Waals surface area contributed by atoms with Crippen molar-refractivity contribution in [2.45, 2.75) is 19.4 Å². The Morgan fingerprint density at radius 2 is 2.12 bits per heavy atom. The molecule has 0 saturated heterocycles. The predicted molar refractivity (Wildman–Crippen MR) is 74.7 cm³/mol. The van der Waals surface area contributed by atoms with E-state index >= 15 is 0 Å². The van der Waals surface area contributed by atoms with Gasteiger partial charge in [0.05, 0.1) is 0 Å². The summed E-state index contributed by atoms with van der Waals surface area (Å²) in [5.74, 6) is 0. The minimum atomic E-state index is 0.172. The fourth-order valence-electron chi connectivity index (χ4n) is 1.55. The smallest absolute Gasteiger partial charge is 0.0387 e. The van der Waals surface area contributed by atoms with E-state index in [1.54, 1.807) is 11.3 Å². The Kier molecular flexibility index (Phi) is 3.79. The zero-order valence-corrected chi connectivity index (χ0v) is 11.5. The third-order valence-electron chi connectivity index (χ3n) is 2.54. The van der Waals surface area contributed by atoms with E-state index in [2.05, 4.69) is 53.2 Å². The summed E-state index contributed by atoms with van der Waals surface area (Å²) in [6.07, 6.45) is 0.985. The van der Waals surface area contributed by atoms with Crippen molar-refractivity contribution in [3.63, 3.8) is 0 Å². The second kappa shape index (κ2) is 5.13. The summed E-state index contributed by atoms with van der Waals surface area (Å²) >= 11 is 5.27. The minimum Gasteiger partial charge on any atom is -0.323 e. The minimum absolute atomic E-state index is 0.172. The molecule has 16 heavy (non-hydrogen) atoms. The normalized spacial score (nSPS) is 12.7. The lowest BCUT2D eigenvalue weighted by Crippen LogP contribution is -2.05. The van der Waals surface area contributed by atoms with Crippen molar-refractivity contribution < 1.29 is 0 Å². The Balaban J connectivity index is 2.31. The number of halogens is 1. The molecule has 1 nitrogen and oxygen atoms in total. The van der Waals surface area contributed by atoms with Crippen LogP contribution in [0.25, 0.3) is 10.4 Å². The van der Waals surface area contributed by atoms with Crippen LogP contribution < -0.4 is 5.73 Å². The van der Waals surface area contributed by atoms with Gasteiger partial charge in [0.1, 0.15) is 0 Å². The Morgan fingerprint density at radius 3 is 2.81 bits per heavy atom. The molecule has 3 heteroatoms. The number of thiophene rings is 1. The van der Waals surface area contributed by atoms with E-state index in [9.17, 15) is 0 Å². The number of nitrogens with two attached hydrogens (primary N) is 1. The molecule has 84 valence electrons. The summed E-state index contributed by atoms with van der Waals surface area (Å²) < 4.78 is 1.11. The first kappa shape index (κ1) is 11.8. The Labute approximate surface area is 108 Å². The lowest BCUT2D eigenvalue weighted by Gasteiger charge is -2.04. The first-order valence-electron chi connectivity index (χ1n) is 5.32. The number of rotatable bonds is 3. The molecule has 2 aromatic rings. The highest BCUT2D eigenvalue weighted by Crippen LogP contribution is 2.32. The van der Waals surface area contributed by atoms with Gasteiger partial charge in [-0.1, -0.05) is 35.0 Å². The van der Waals surface area contributed by atoms with E-state index in [-0.39, 0.29) is 6.04 Å². The summed E-state index contributed by atoms with van der Waals surface area (Å²) in [4.78, 5) is 2.54. The van der Waals surface area contributed by atoms with Gasteiger partial charge in [0.25, 0.3) is 0 Å². The fraction of sp³-hybridized carbons (Fsp3) is 0.231. The Bertz CT molecular complexity index is 478. The molecule has 1 aromatic heterocycles. The van der Waals surface area contributed by atoms with E-state index in [1.165, 1.54) is 15.3 Å². The molecule has 0 bridgehead atoms. The quantitative estimate of drug-likeness (QED) is 0.881. The highest BCUT2D eigenvalue weighted by molar-refractivity contribution is 9.10. The molecule has 0 amide bonds. The zero-order valence-electron chi connectivity index (χ0n) is 9.11. The molecule has 1 aromatic carbocycles. The Morgan fingerprint density at radius 1 is 1.31 bits per heavy atom. The fourth-order valence-corrected chi connectivity index (χ4v) is 3.04. The zero-order chi connectivity index (χ0) is 11.5. The third kappa shape index (κ3) is 2.54. The van der Waals surface area contributed by atoms with E-state index in [0.717, 1.165) is 10.9 Å². The predicted octanol–water partition coefficient (Wildman–Crippen LogP) is 4.59. The summed E-state index contributed by atoms with van der Waals surface area (Å²) in [7, 11) is 0. The number of hydrogen-bond donors (Lipinski definition) is 1. The van der Waals surface area contributed by atoms with E-state index in [0.29, 0.717) is 0 Å². The van der Waals surface area contributed by atoms with Gasteiger partial charge in [-0.25, -0.2) is 0 Å². The second-order valence-electron chi connectivity index (χ2n) is 3.73. The van der Waals surface area contributed by atoms with Crippen LogP contribution in [-0.2, 0) is 0 Å². The molecular formula is C13H14BrNS. The maximum Gasteiger partial charge on any atom is 0.0387 e. The van der Waals surface area contributed by atoms with Gasteiger partial charge in [-0.05, 0) is 36.2 Å². The van der Waals surface area contributed by atoms with Crippen LogP contribution in [0.4, 0.5) is 0 Å². The standard InChI is InChI=1S/C13H14BrNS/c1-2-11(15)13-7-6-12(16-13)9-4-3-5-10(14)8-9/h3-8,11H,2,15H2,1H3. The molecule has 1 atom stereocenters. The van der Waals surface area contributed by atoms with Gasteiger partial charge in [-0.15, -0.1) is 11.3 Å². The third-order valence-corrected chi connectivity index (χ3v) is 4.30. The Hall–Kier alpha value is -0.640. The molecule has 0 saturated carbocycles. The van der Waals surface area contributed by atoms with Crippen LogP contribution in [0, 0.1) is 0 Å². The first-order chi connectivity index (χ1) is 7.70. The summed E-state index contributed by atoms with van der Waals surface area (Å²) in [6.45, 7) is 2.11. The van der Waals surface area contributed by atoms with Crippen molar-refractivity contribution in [3.8, 4) is 10.4 Å². The van der Waals surface area contributed by atoms with Crippen LogP contribution in [0.2, 0.25) is 0 Å². The largest absolute Gasteiger partial charge is 0.323 e. The molecule has 1 heterocycles. The average molecular weight is 296 g/mol. The van der Waals surface area contributed by atoms with Crippen LogP contribution in [0.3, 0.4) is 0 Å². The van der Waals surface area contributed by atoms with Gasteiger partial charge >= 0.3 is 0 Å². The van der Waals surface area contributed by atoms with Gasteiger partial charge in [0, 0.05) is 20.3 Å². The highest BCUT2D eigenvalue weighted by atomic mass is 79.9. The van der Waals surface area contributed by atoms with Crippen molar-refractivity contribution in [2.75, 3.05) is 0 Å². The molecule has 1 unspecified atom stereocenters. The molecule has 0 radical (unpaired) electrons. The molecule has 0 aliphatic rings. The van der Waals surface area contributed by atoms with Crippen molar-refractivity contribution in [3.05, 3.63) is 45.7 Å². The van der Waals surface area contributed by atoms with Crippen LogP contribution in [0.15, 0.2) is 40.9 Å². The van der Waals surface area contributed by atoms with Gasteiger partial charge in [0.2, 0.25) is 0 Å². The maximum atomic E-state index is 6.02. The highest BCUT2D eigenvalue weighted by Gasteiger charge is 2.08. The molecule has 2 N–H and O–H groups in total. The van der Waals surface area contributed by atoms with E-state index < -0.39 is 0 Å². The lowest BCUT2D eigenvalue weighted by atomic mass is 10.2. The van der Waals surface area contributed by atoms with E-state index in [1.807, 2.05) is 6.07 Å². The van der Waals surface area contributed by atoms with Crippen molar-refractivity contribution in [1.82, 2.24) is 0 Å². The van der Waals surface area contributed by atoms with Gasteiger partial charge in [0.15, 0.2) is 0 Å². The topological polar surface area (TPSA) is 26.0 Å². The summed E-state index contributed by atoms with van der Waals surface area (Å²) in [5.41, 5.74) is 7.26. The number of hydrogen-bond acceptors (Lipinski definition) is 2. The SMILES string of the molecule is CCC(N)c1ccc(-c2cccc(Br)c2)s1. The average Bonchev–Trinajstić information content (AvgIpc) is 2.77. The van der Waals surface area contributed by atoms with Crippen LogP contribution in [0.5, 0.6) is 0 Å². The molecule has 0 fully saturated rings. The van der Waals surface area contributed by atoms with Gasteiger partial charge < -0.3 is 5.73 Å². The summed E-state index contributed by atoms with van der Waals surface area (Å²) in [6, 6.07) is 12.8. The van der Waals surface area contributed by atoms with Gasteiger partial charge in [-0.3, -0.25) is 0 Å². The number of benzene rings is 1. The molecule has 0 aliphatic heterocycles. The molecular weight excluding hydrogens is 282 g/mol. The van der Waals surface area contributed by atoms with Crippen LogP contribution in [0.1, 0.15) is 24.3 Å². The monoisotopic (exact) mass is 295 g/mol. The molecule has 0 spiro atoms. The maximum absolute atomic E-state index is 6.02. The lowest BCUT2D eigenvalue weighted by molar-refractivity contribution is 0.712. The van der Waals surface area contributed by atoms with Crippen molar-refractivity contribution in [2.24, 2.45) is 5.73 Å². The summed E-state index contributed by atoms with van der Waals surface area (Å²) in [5, 5.41) is 0. The van der Waals surface area contributed by atoms with E-state index in [4.69, 9.17) is 5.73 Å². The molecule has 0 aliphatic carbocycles. The van der Waals surface area contributed by atoms with Crippen molar-refractivity contribution >= 4 is 27.3 Å². The molecule has 2 rings (SSSR count). The first-order valence-corrected chi connectivity index (χ1v) is 6.93. The van der Waals surface area contributed by atoms with Crippen LogP contribution >= 0.6 is 27.3 Å². The van der Waals surface area contributed by atoms with Gasteiger partial charge in [-0.2, -0.15) is 0 Å². The second-order valence-corrected chi connectivity index (χ2v) is 5.76. The van der Waals surface area contributed by atoms with Crippen LogP contribution in [-0.4, -0.2) is 0 Å². The van der Waals surface area contributed by atoms with Crippen molar-refractivity contribution in [1.29, 1.82) is 0 Å².